The molecule has 1 aromatic carbocycles. The summed E-state index contributed by atoms with van der Waals surface area (Å²) >= 11 is 1.48. The van der Waals surface area contributed by atoms with Crippen LogP contribution in [0.1, 0.15) is 42.1 Å². The number of hydrogen-bond donors (Lipinski definition) is 2. The summed E-state index contributed by atoms with van der Waals surface area (Å²) in [6.45, 7) is 4.94. The van der Waals surface area contributed by atoms with Crippen molar-refractivity contribution in [2.45, 2.75) is 49.1 Å². The number of carbonyl (C=O) groups is 3. The quantitative estimate of drug-likeness (QED) is 0.757. The van der Waals surface area contributed by atoms with E-state index in [4.69, 9.17) is 0 Å². The number of rotatable bonds is 4. The van der Waals surface area contributed by atoms with Gasteiger partial charge in [0, 0.05) is 10.3 Å². The van der Waals surface area contributed by atoms with Crippen molar-refractivity contribution in [3.63, 3.8) is 0 Å². The maximum absolute atomic E-state index is 12.8. The van der Waals surface area contributed by atoms with Crippen molar-refractivity contribution in [1.82, 2.24) is 10.2 Å². The van der Waals surface area contributed by atoms with E-state index in [-0.39, 0.29) is 11.3 Å². The fourth-order valence-electron chi connectivity index (χ4n) is 3.41. The second kappa shape index (κ2) is 6.03. The molecule has 0 radical (unpaired) electrons. The number of fused-ring (bicyclic) bond motifs is 3. The summed E-state index contributed by atoms with van der Waals surface area (Å²) in [5.74, 6) is -2.43. The van der Waals surface area contributed by atoms with Gasteiger partial charge in [0.25, 0.3) is 5.91 Å². The standard InChI is InChI=1S/C17H20N2O5S/c1-8(20)11(16(23)24)18-13(21)12-17(2,3)25-15-10-7-5-4-6-9(10)14(22)19(12)15/h4-8,11-12,15,20H,1-3H3,(H,18,21)(H,23,24)/p-1/t8-,11-,12+,15-/m0/s1. The molecule has 0 unspecified atom stereocenters. The Morgan fingerprint density at radius 1 is 1.36 bits per heavy atom. The maximum atomic E-state index is 12.8. The van der Waals surface area contributed by atoms with Crippen LogP contribution >= 0.6 is 11.8 Å². The molecule has 3 rings (SSSR count). The van der Waals surface area contributed by atoms with E-state index >= 15 is 0 Å². The number of aliphatic hydroxyl groups is 1. The zero-order valence-electron chi connectivity index (χ0n) is 14.1. The minimum absolute atomic E-state index is 0.249. The summed E-state index contributed by atoms with van der Waals surface area (Å²) in [6.07, 6.45) is -1.31. The maximum Gasteiger partial charge on any atom is 0.256 e. The van der Waals surface area contributed by atoms with E-state index in [1.165, 1.54) is 23.6 Å². The summed E-state index contributed by atoms with van der Waals surface area (Å²) in [7, 11) is 0. The van der Waals surface area contributed by atoms with Crippen LogP contribution in [0.4, 0.5) is 0 Å². The molecule has 2 amide bonds. The van der Waals surface area contributed by atoms with Gasteiger partial charge in [-0.1, -0.05) is 18.2 Å². The average Bonchev–Trinajstić information content (AvgIpc) is 2.95. The third-order valence-electron chi connectivity index (χ3n) is 4.58. The van der Waals surface area contributed by atoms with Gasteiger partial charge in [0.15, 0.2) is 0 Å². The number of carboxylic acid groups (broad SMARTS) is 1. The molecule has 1 fully saturated rings. The van der Waals surface area contributed by atoms with E-state index in [1.807, 2.05) is 26.0 Å². The van der Waals surface area contributed by atoms with E-state index in [0.717, 1.165) is 5.56 Å². The number of aliphatic carboxylic acids is 1. The van der Waals surface area contributed by atoms with Gasteiger partial charge in [-0.3, -0.25) is 9.59 Å². The molecule has 0 spiro atoms. The van der Waals surface area contributed by atoms with E-state index in [0.29, 0.717) is 5.56 Å². The first-order valence-electron chi connectivity index (χ1n) is 7.94. The summed E-state index contributed by atoms with van der Waals surface area (Å²) in [4.78, 5) is 38.2. The normalized spacial score (nSPS) is 25.9. The van der Waals surface area contributed by atoms with Crippen LogP contribution in [0.2, 0.25) is 0 Å². The zero-order chi connectivity index (χ0) is 18.5. The Morgan fingerprint density at radius 2 is 2.00 bits per heavy atom. The minimum atomic E-state index is -1.57. The molecule has 4 atom stereocenters. The highest BCUT2D eigenvalue weighted by Gasteiger charge is 2.57. The molecule has 134 valence electrons. The van der Waals surface area contributed by atoms with Crippen LogP contribution in [0.15, 0.2) is 24.3 Å². The van der Waals surface area contributed by atoms with E-state index < -0.39 is 34.8 Å². The number of benzene rings is 1. The van der Waals surface area contributed by atoms with E-state index in [1.54, 1.807) is 12.1 Å². The third-order valence-corrected chi connectivity index (χ3v) is 6.11. The van der Waals surface area contributed by atoms with Gasteiger partial charge in [0.1, 0.15) is 11.4 Å². The number of nitrogens with one attached hydrogen (secondary N) is 1. The Bertz CT molecular complexity index is 748. The van der Waals surface area contributed by atoms with Gasteiger partial charge in [-0.25, -0.2) is 0 Å². The minimum Gasteiger partial charge on any atom is -0.548 e. The fraction of sp³-hybridized carbons (Fsp3) is 0.471. The monoisotopic (exact) mass is 363 g/mol. The lowest BCUT2D eigenvalue weighted by molar-refractivity contribution is -0.310. The van der Waals surface area contributed by atoms with Crippen LogP contribution < -0.4 is 10.4 Å². The lowest BCUT2D eigenvalue weighted by Gasteiger charge is -2.32. The predicted molar refractivity (Wildman–Crippen MR) is 89.4 cm³/mol. The van der Waals surface area contributed by atoms with Gasteiger partial charge in [-0.15, -0.1) is 11.8 Å². The van der Waals surface area contributed by atoms with Crippen molar-refractivity contribution >= 4 is 29.5 Å². The van der Waals surface area contributed by atoms with Crippen molar-refractivity contribution in [3.8, 4) is 0 Å². The van der Waals surface area contributed by atoms with Crippen LogP contribution in [-0.4, -0.2) is 50.7 Å². The average molecular weight is 363 g/mol. The number of amides is 2. The highest BCUT2D eigenvalue weighted by Crippen LogP contribution is 2.56. The number of hydrogen-bond acceptors (Lipinski definition) is 6. The first-order valence-corrected chi connectivity index (χ1v) is 8.82. The molecular formula is C17H19N2O5S-. The largest absolute Gasteiger partial charge is 0.548 e. The molecule has 2 heterocycles. The first kappa shape index (κ1) is 17.8. The Hall–Kier alpha value is -2.06. The highest BCUT2D eigenvalue weighted by molar-refractivity contribution is 8.01. The van der Waals surface area contributed by atoms with Crippen LogP contribution in [0, 0.1) is 0 Å². The van der Waals surface area contributed by atoms with Gasteiger partial charge >= 0.3 is 0 Å². The smallest absolute Gasteiger partial charge is 0.256 e. The summed E-state index contributed by atoms with van der Waals surface area (Å²) < 4.78 is -0.618. The van der Waals surface area contributed by atoms with Gasteiger partial charge in [-0.2, -0.15) is 0 Å². The lowest BCUT2D eigenvalue weighted by atomic mass is 10.00. The van der Waals surface area contributed by atoms with E-state index in [2.05, 4.69) is 5.32 Å². The predicted octanol–water partition coefficient (Wildman–Crippen LogP) is -0.349. The Morgan fingerprint density at radius 3 is 2.60 bits per heavy atom. The van der Waals surface area contributed by atoms with Gasteiger partial charge in [0.2, 0.25) is 5.91 Å². The third kappa shape index (κ3) is 2.79. The van der Waals surface area contributed by atoms with Crippen molar-refractivity contribution < 1.29 is 24.6 Å². The molecule has 2 aliphatic heterocycles. The zero-order valence-corrected chi connectivity index (χ0v) is 14.9. The Labute approximate surface area is 149 Å². The Balaban J connectivity index is 1.93. The molecule has 2 aliphatic rings. The molecule has 1 saturated heterocycles. The molecule has 2 N–H and O–H groups in total. The first-order chi connectivity index (χ1) is 11.6. The second-order valence-corrected chi connectivity index (χ2v) is 8.56. The number of aliphatic hydroxyl groups excluding tert-OH is 1. The van der Waals surface area contributed by atoms with Crippen molar-refractivity contribution in [3.05, 3.63) is 35.4 Å². The molecule has 1 aromatic rings. The van der Waals surface area contributed by atoms with Crippen LogP contribution in [0.25, 0.3) is 0 Å². The number of thioether (sulfide) groups is 1. The van der Waals surface area contributed by atoms with Crippen LogP contribution in [0.5, 0.6) is 0 Å². The van der Waals surface area contributed by atoms with Crippen LogP contribution in [-0.2, 0) is 9.59 Å². The summed E-state index contributed by atoms with van der Waals surface area (Å²) in [6, 6.07) is 4.80. The summed E-state index contributed by atoms with van der Waals surface area (Å²) in [5, 5.41) is 22.7. The molecule has 7 nitrogen and oxygen atoms in total. The SMILES string of the molecule is C[C@H](O)[C@H](NC(=O)[C@H]1N2C(=O)c3ccccc3[C@@H]2SC1(C)C)C(=O)[O-]. The molecule has 0 aliphatic carbocycles. The van der Waals surface area contributed by atoms with Crippen LogP contribution in [0.3, 0.4) is 0 Å². The molecule has 0 aromatic heterocycles. The van der Waals surface area contributed by atoms with Crippen molar-refractivity contribution in [2.75, 3.05) is 0 Å². The fourth-order valence-corrected chi connectivity index (χ4v) is 5.00. The second-order valence-electron chi connectivity index (χ2n) is 6.82. The van der Waals surface area contributed by atoms with E-state index in [9.17, 15) is 24.6 Å². The molecular weight excluding hydrogens is 344 g/mol. The number of carboxylic acids is 1. The molecule has 25 heavy (non-hydrogen) atoms. The van der Waals surface area contributed by atoms with Crippen molar-refractivity contribution in [1.29, 1.82) is 0 Å². The molecule has 0 saturated carbocycles. The number of carbonyl (C=O) groups excluding carboxylic acids is 3. The van der Waals surface area contributed by atoms with Gasteiger partial charge in [-0.05, 0) is 32.4 Å². The van der Waals surface area contributed by atoms with Gasteiger partial charge in [0.05, 0.1) is 18.1 Å². The topological polar surface area (TPSA) is 110 Å². The highest BCUT2D eigenvalue weighted by atomic mass is 32.2. The lowest BCUT2D eigenvalue weighted by Crippen LogP contribution is -2.60. The molecule has 0 bridgehead atoms. The van der Waals surface area contributed by atoms with Crippen molar-refractivity contribution in [2.24, 2.45) is 0 Å². The summed E-state index contributed by atoms with van der Waals surface area (Å²) in [5.41, 5.74) is 1.41. The Kier molecular flexibility index (Phi) is 4.28. The number of nitrogens with zero attached hydrogens (tertiary/aromatic N) is 1. The molecule has 8 heteroatoms. The van der Waals surface area contributed by atoms with Gasteiger partial charge < -0.3 is 25.2 Å².